The molecule has 2 rings (SSSR count). The first-order valence-electron chi connectivity index (χ1n) is 4.16. The molecule has 0 amide bonds. The van der Waals surface area contributed by atoms with Crippen molar-refractivity contribution in [3.05, 3.63) is 54.1 Å². The Balaban J connectivity index is 2.29. The molecule has 1 aromatic heterocycles. The van der Waals surface area contributed by atoms with E-state index < -0.39 is 11.6 Å². The molecule has 0 radical (unpaired) electrons. The van der Waals surface area contributed by atoms with Crippen molar-refractivity contribution in [2.45, 2.75) is 6.54 Å². The van der Waals surface area contributed by atoms with Gasteiger partial charge in [-0.3, -0.25) is 0 Å². The quantitative estimate of drug-likeness (QED) is 0.716. The van der Waals surface area contributed by atoms with Gasteiger partial charge in [-0.2, -0.15) is 0 Å². The fraction of sp³-hybridized carbons (Fsp3) is 0.100. The molecule has 0 unspecified atom stereocenters. The van der Waals surface area contributed by atoms with Crippen LogP contribution in [0.4, 0.5) is 8.78 Å². The maximum Gasteiger partial charge on any atom is 0.163 e. The Labute approximate surface area is 79.8 Å². The van der Waals surface area contributed by atoms with Crippen LogP contribution in [0.1, 0.15) is 5.56 Å². The van der Waals surface area contributed by atoms with E-state index in [9.17, 15) is 8.78 Å². The molecule has 72 valence electrons. The minimum Gasteiger partial charge on any atom is -0.333 e. The molecule has 1 aromatic carbocycles. The van der Waals surface area contributed by atoms with Gasteiger partial charge in [0.2, 0.25) is 0 Å². The van der Waals surface area contributed by atoms with Gasteiger partial charge in [-0.25, -0.2) is 13.8 Å². The standard InChI is InChI=1S/C10H8F2N2/c11-9-3-1-2-8(10(9)12)6-14-5-4-13-7-14/h1-5,7H,6H2. The monoisotopic (exact) mass is 194 g/mol. The smallest absolute Gasteiger partial charge is 0.163 e. The van der Waals surface area contributed by atoms with E-state index in [1.54, 1.807) is 29.4 Å². The van der Waals surface area contributed by atoms with Crippen molar-refractivity contribution in [2.75, 3.05) is 0 Å². The number of halogens is 2. The highest BCUT2D eigenvalue weighted by Crippen LogP contribution is 2.12. The summed E-state index contributed by atoms with van der Waals surface area (Å²) < 4.78 is 27.7. The Morgan fingerprint density at radius 3 is 2.86 bits per heavy atom. The number of nitrogens with zero attached hydrogens (tertiary/aromatic N) is 2. The summed E-state index contributed by atoms with van der Waals surface area (Å²) in [5, 5.41) is 0. The summed E-state index contributed by atoms with van der Waals surface area (Å²) in [6.07, 6.45) is 4.85. The topological polar surface area (TPSA) is 17.8 Å². The average Bonchev–Trinajstić information content (AvgIpc) is 2.66. The molecular weight excluding hydrogens is 186 g/mol. The van der Waals surface area contributed by atoms with Crippen molar-refractivity contribution < 1.29 is 8.78 Å². The first-order chi connectivity index (χ1) is 6.77. The van der Waals surface area contributed by atoms with Crippen molar-refractivity contribution in [3.63, 3.8) is 0 Å². The van der Waals surface area contributed by atoms with Gasteiger partial charge < -0.3 is 4.57 Å². The third kappa shape index (κ3) is 1.64. The van der Waals surface area contributed by atoms with Crippen molar-refractivity contribution >= 4 is 0 Å². The highest BCUT2D eigenvalue weighted by Gasteiger charge is 2.07. The predicted molar refractivity (Wildman–Crippen MR) is 47.7 cm³/mol. The summed E-state index contributed by atoms with van der Waals surface area (Å²) >= 11 is 0. The van der Waals surface area contributed by atoms with Crippen molar-refractivity contribution in [2.24, 2.45) is 0 Å². The van der Waals surface area contributed by atoms with Crippen molar-refractivity contribution in [1.29, 1.82) is 0 Å². The van der Waals surface area contributed by atoms with Crippen LogP contribution < -0.4 is 0 Å². The molecule has 0 saturated carbocycles. The molecule has 0 fully saturated rings. The molecule has 0 atom stereocenters. The van der Waals surface area contributed by atoms with Crippen LogP contribution in [0.2, 0.25) is 0 Å². The number of imidazole rings is 1. The van der Waals surface area contributed by atoms with E-state index in [0.717, 1.165) is 6.07 Å². The third-order valence-electron chi connectivity index (χ3n) is 1.94. The largest absolute Gasteiger partial charge is 0.333 e. The van der Waals surface area contributed by atoms with Crippen LogP contribution in [-0.4, -0.2) is 9.55 Å². The lowest BCUT2D eigenvalue weighted by Crippen LogP contribution is -2.00. The highest BCUT2D eigenvalue weighted by molar-refractivity contribution is 5.19. The molecular formula is C10H8F2N2. The van der Waals surface area contributed by atoms with Gasteiger partial charge in [0.15, 0.2) is 11.6 Å². The Bertz CT molecular complexity index is 424. The van der Waals surface area contributed by atoms with Crippen LogP contribution >= 0.6 is 0 Å². The van der Waals surface area contributed by atoms with Crippen LogP contribution in [0.3, 0.4) is 0 Å². The number of hydrogen-bond donors (Lipinski definition) is 0. The normalized spacial score (nSPS) is 10.4. The molecule has 2 aromatic rings. The molecule has 14 heavy (non-hydrogen) atoms. The summed E-state index contributed by atoms with van der Waals surface area (Å²) in [6.45, 7) is 0.295. The third-order valence-corrected chi connectivity index (χ3v) is 1.94. The van der Waals surface area contributed by atoms with Gasteiger partial charge in [-0.15, -0.1) is 0 Å². The summed E-state index contributed by atoms with van der Waals surface area (Å²) in [4.78, 5) is 3.82. The van der Waals surface area contributed by atoms with Gasteiger partial charge in [-0.05, 0) is 6.07 Å². The maximum absolute atomic E-state index is 13.2. The Kier molecular flexibility index (Phi) is 2.26. The van der Waals surface area contributed by atoms with E-state index in [0.29, 0.717) is 12.1 Å². The summed E-state index contributed by atoms with van der Waals surface area (Å²) in [5.74, 6) is -1.61. The summed E-state index contributed by atoms with van der Waals surface area (Å²) in [5.41, 5.74) is 0.322. The SMILES string of the molecule is Fc1cccc(Cn2ccnc2)c1F. The van der Waals surface area contributed by atoms with E-state index in [1.807, 2.05) is 0 Å². The molecule has 0 aliphatic carbocycles. The first-order valence-corrected chi connectivity index (χ1v) is 4.16. The maximum atomic E-state index is 13.2. The second-order valence-electron chi connectivity index (χ2n) is 2.95. The second kappa shape index (κ2) is 3.57. The lowest BCUT2D eigenvalue weighted by atomic mass is 10.2. The van der Waals surface area contributed by atoms with Gasteiger partial charge in [-0.1, -0.05) is 12.1 Å². The Hall–Kier alpha value is -1.71. The molecule has 0 aliphatic heterocycles. The molecule has 4 heteroatoms. The molecule has 0 N–H and O–H groups in total. The van der Waals surface area contributed by atoms with Gasteiger partial charge in [0.25, 0.3) is 0 Å². The van der Waals surface area contributed by atoms with Gasteiger partial charge in [0.05, 0.1) is 12.9 Å². The van der Waals surface area contributed by atoms with Gasteiger partial charge >= 0.3 is 0 Å². The molecule has 0 bridgehead atoms. The lowest BCUT2D eigenvalue weighted by Gasteiger charge is -2.03. The van der Waals surface area contributed by atoms with Crippen LogP contribution in [0.5, 0.6) is 0 Å². The number of hydrogen-bond acceptors (Lipinski definition) is 1. The highest BCUT2D eigenvalue weighted by atomic mass is 19.2. The molecule has 0 spiro atoms. The number of rotatable bonds is 2. The van der Waals surface area contributed by atoms with Crippen LogP contribution in [0, 0.1) is 11.6 Å². The fourth-order valence-corrected chi connectivity index (χ4v) is 1.25. The van der Waals surface area contributed by atoms with Gasteiger partial charge in [0.1, 0.15) is 0 Å². The van der Waals surface area contributed by atoms with E-state index in [2.05, 4.69) is 4.98 Å². The zero-order valence-corrected chi connectivity index (χ0v) is 7.32. The van der Waals surface area contributed by atoms with E-state index in [1.165, 1.54) is 6.07 Å². The number of benzene rings is 1. The minimum absolute atomic E-state index is 0.295. The zero-order chi connectivity index (χ0) is 9.97. The average molecular weight is 194 g/mol. The second-order valence-corrected chi connectivity index (χ2v) is 2.95. The van der Waals surface area contributed by atoms with Gasteiger partial charge in [0, 0.05) is 18.0 Å². The van der Waals surface area contributed by atoms with Crippen molar-refractivity contribution in [1.82, 2.24) is 9.55 Å². The van der Waals surface area contributed by atoms with Crippen LogP contribution in [0.25, 0.3) is 0 Å². The van der Waals surface area contributed by atoms with Crippen molar-refractivity contribution in [3.8, 4) is 0 Å². The Morgan fingerprint density at radius 1 is 1.29 bits per heavy atom. The first kappa shape index (κ1) is 8.87. The zero-order valence-electron chi connectivity index (χ0n) is 7.32. The lowest BCUT2D eigenvalue weighted by molar-refractivity contribution is 0.495. The summed E-state index contributed by atoms with van der Waals surface area (Å²) in [6, 6.07) is 4.15. The molecule has 0 saturated heterocycles. The molecule has 1 heterocycles. The van der Waals surface area contributed by atoms with E-state index >= 15 is 0 Å². The summed E-state index contributed by atoms with van der Waals surface area (Å²) in [7, 11) is 0. The van der Waals surface area contributed by atoms with E-state index in [-0.39, 0.29) is 0 Å². The Morgan fingerprint density at radius 2 is 2.14 bits per heavy atom. The molecule has 0 aliphatic rings. The van der Waals surface area contributed by atoms with E-state index in [4.69, 9.17) is 0 Å². The number of aromatic nitrogens is 2. The van der Waals surface area contributed by atoms with Crippen LogP contribution in [-0.2, 0) is 6.54 Å². The van der Waals surface area contributed by atoms with Crippen LogP contribution in [0.15, 0.2) is 36.9 Å². The fourth-order valence-electron chi connectivity index (χ4n) is 1.25. The minimum atomic E-state index is -0.817. The predicted octanol–water partition coefficient (Wildman–Crippen LogP) is 2.21. The molecule has 2 nitrogen and oxygen atoms in total.